The van der Waals surface area contributed by atoms with E-state index >= 15 is 0 Å². The second kappa shape index (κ2) is 9.22. The second-order valence-corrected chi connectivity index (χ2v) is 6.57. The first-order chi connectivity index (χ1) is 14.0. The number of amides is 2. The molecule has 2 N–H and O–H groups in total. The highest BCUT2D eigenvalue weighted by Crippen LogP contribution is 2.18. The highest BCUT2D eigenvalue weighted by atomic mass is 32.1. The lowest BCUT2D eigenvalue weighted by Gasteiger charge is -2.27. The number of nitrogens with zero attached hydrogens (tertiary/aromatic N) is 2. The van der Waals surface area contributed by atoms with Crippen molar-refractivity contribution in [1.82, 2.24) is 10.2 Å². The van der Waals surface area contributed by atoms with Crippen molar-refractivity contribution in [3.63, 3.8) is 0 Å². The number of non-ortho nitro benzene ring substituents is 1. The molecule has 1 aliphatic heterocycles. The smallest absolute Gasteiger partial charge is 0.269 e. The fourth-order valence-corrected chi connectivity index (χ4v) is 2.98. The fourth-order valence-electron chi connectivity index (χ4n) is 2.78. The van der Waals surface area contributed by atoms with Gasteiger partial charge in [0.15, 0.2) is 5.11 Å². The van der Waals surface area contributed by atoms with Crippen LogP contribution in [-0.4, -0.2) is 53.1 Å². The summed E-state index contributed by atoms with van der Waals surface area (Å²) in [5, 5.41) is 16.1. The number of hydrogen-bond donors (Lipinski definition) is 2. The lowest BCUT2D eigenvalue weighted by atomic mass is 10.1. The van der Waals surface area contributed by atoms with Crippen LogP contribution in [0.1, 0.15) is 20.7 Å². The molecule has 0 unspecified atom stereocenters. The van der Waals surface area contributed by atoms with Crippen LogP contribution < -0.4 is 10.6 Å². The average Bonchev–Trinajstić information content (AvgIpc) is 2.74. The van der Waals surface area contributed by atoms with Crippen molar-refractivity contribution < 1.29 is 19.2 Å². The van der Waals surface area contributed by atoms with Crippen molar-refractivity contribution in [1.29, 1.82) is 0 Å². The summed E-state index contributed by atoms with van der Waals surface area (Å²) in [5.74, 6) is -0.671. The number of anilines is 1. The largest absolute Gasteiger partial charge is 0.378 e. The van der Waals surface area contributed by atoms with Crippen LogP contribution in [0, 0.1) is 10.1 Å². The molecule has 1 fully saturated rings. The number of rotatable bonds is 4. The van der Waals surface area contributed by atoms with E-state index < -0.39 is 10.8 Å². The standard InChI is InChI=1S/C19H18N4O5S/c24-17(13-5-7-14(8-6-13)23(26)27)21-19(29)20-16-4-2-1-3-15(16)18(25)22-9-11-28-12-10-22/h1-8H,9-12H2,(H2,20,21,24,29). The van der Waals surface area contributed by atoms with Gasteiger partial charge in [-0.3, -0.25) is 25.0 Å². The predicted molar refractivity (Wildman–Crippen MR) is 110 cm³/mol. The molecular formula is C19H18N4O5S. The molecule has 0 radical (unpaired) electrons. The van der Waals surface area contributed by atoms with Gasteiger partial charge < -0.3 is 15.0 Å². The summed E-state index contributed by atoms with van der Waals surface area (Å²) >= 11 is 5.19. The third-order valence-electron chi connectivity index (χ3n) is 4.27. The fraction of sp³-hybridized carbons (Fsp3) is 0.211. The minimum absolute atomic E-state index is 0.00980. The maximum absolute atomic E-state index is 12.8. The molecule has 3 rings (SSSR count). The first-order valence-corrected chi connectivity index (χ1v) is 9.19. The molecule has 1 aliphatic rings. The molecule has 0 saturated carbocycles. The Bertz CT molecular complexity index is 942. The van der Waals surface area contributed by atoms with Crippen LogP contribution in [0.25, 0.3) is 0 Å². The molecule has 1 saturated heterocycles. The summed E-state index contributed by atoms with van der Waals surface area (Å²) in [4.78, 5) is 36.9. The van der Waals surface area contributed by atoms with E-state index in [-0.39, 0.29) is 22.3 Å². The number of nitro benzene ring substituents is 1. The average molecular weight is 414 g/mol. The van der Waals surface area contributed by atoms with Crippen molar-refractivity contribution in [2.75, 3.05) is 31.6 Å². The van der Waals surface area contributed by atoms with Gasteiger partial charge in [0.25, 0.3) is 17.5 Å². The van der Waals surface area contributed by atoms with E-state index in [1.54, 1.807) is 29.2 Å². The van der Waals surface area contributed by atoms with Gasteiger partial charge in [0.05, 0.1) is 29.4 Å². The molecule has 0 aromatic heterocycles. The first-order valence-electron chi connectivity index (χ1n) is 8.78. The van der Waals surface area contributed by atoms with Crippen LogP contribution in [0.4, 0.5) is 11.4 Å². The summed E-state index contributed by atoms with van der Waals surface area (Å²) in [5.41, 5.74) is 1.01. The maximum Gasteiger partial charge on any atom is 0.269 e. The van der Waals surface area contributed by atoms with Gasteiger partial charge in [-0.25, -0.2) is 0 Å². The van der Waals surface area contributed by atoms with Gasteiger partial charge in [-0.15, -0.1) is 0 Å². The molecule has 10 heteroatoms. The maximum atomic E-state index is 12.8. The number of nitro groups is 1. The van der Waals surface area contributed by atoms with Gasteiger partial charge in [-0.1, -0.05) is 12.1 Å². The Kier molecular flexibility index (Phi) is 6.47. The third kappa shape index (κ3) is 5.12. The number of carbonyl (C=O) groups excluding carboxylic acids is 2. The topological polar surface area (TPSA) is 114 Å². The molecule has 1 heterocycles. The number of thiocarbonyl (C=S) groups is 1. The van der Waals surface area contributed by atoms with Crippen molar-refractivity contribution >= 4 is 40.5 Å². The summed E-state index contributed by atoms with van der Waals surface area (Å²) in [6, 6.07) is 12.0. The van der Waals surface area contributed by atoms with Gasteiger partial charge in [0.1, 0.15) is 0 Å². The second-order valence-electron chi connectivity index (χ2n) is 6.16. The van der Waals surface area contributed by atoms with E-state index in [0.717, 1.165) is 0 Å². The quantitative estimate of drug-likeness (QED) is 0.448. The zero-order chi connectivity index (χ0) is 20.8. The van der Waals surface area contributed by atoms with E-state index in [1.165, 1.54) is 24.3 Å². The van der Waals surface area contributed by atoms with Crippen LogP contribution >= 0.6 is 12.2 Å². The van der Waals surface area contributed by atoms with Crippen LogP contribution in [0.2, 0.25) is 0 Å². The minimum Gasteiger partial charge on any atom is -0.378 e. The van der Waals surface area contributed by atoms with Gasteiger partial charge in [-0.05, 0) is 36.5 Å². The predicted octanol–water partition coefficient (Wildman–Crippen LogP) is 2.19. The Morgan fingerprint density at radius 1 is 1.07 bits per heavy atom. The van der Waals surface area contributed by atoms with E-state index in [2.05, 4.69) is 10.6 Å². The van der Waals surface area contributed by atoms with Crippen molar-refractivity contribution in [3.8, 4) is 0 Å². The van der Waals surface area contributed by atoms with Gasteiger partial charge in [-0.2, -0.15) is 0 Å². The number of para-hydroxylation sites is 1. The molecule has 0 bridgehead atoms. The van der Waals surface area contributed by atoms with E-state index in [4.69, 9.17) is 17.0 Å². The summed E-state index contributed by atoms with van der Waals surface area (Å²) < 4.78 is 5.27. The van der Waals surface area contributed by atoms with Crippen LogP contribution in [0.5, 0.6) is 0 Å². The highest BCUT2D eigenvalue weighted by molar-refractivity contribution is 7.80. The summed E-state index contributed by atoms with van der Waals surface area (Å²) in [6.45, 7) is 2.00. The Hall–Kier alpha value is -3.37. The first kappa shape index (κ1) is 20.4. The lowest BCUT2D eigenvalue weighted by molar-refractivity contribution is -0.384. The number of ether oxygens (including phenoxy) is 1. The molecule has 0 spiro atoms. The van der Waals surface area contributed by atoms with Crippen LogP contribution in [-0.2, 0) is 4.74 Å². The van der Waals surface area contributed by atoms with Gasteiger partial charge in [0, 0.05) is 30.8 Å². The van der Waals surface area contributed by atoms with E-state index in [9.17, 15) is 19.7 Å². The van der Waals surface area contributed by atoms with Gasteiger partial charge in [0.2, 0.25) is 0 Å². The Morgan fingerprint density at radius 3 is 2.38 bits per heavy atom. The van der Waals surface area contributed by atoms with E-state index in [1.807, 2.05) is 0 Å². The molecule has 0 aliphatic carbocycles. The number of morpholine rings is 1. The van der Waals surface area contributed by atoms with Crippen LogP contribution in [0.3, 0.4) is 0 Å². The van der Waals surface area contributed by atoms with Crippen molar-refractivity contribution in [3.05, 3.63) is 69.8 Å². The van der Waals surface area contributed by atoms with E-state index in [0.29, 0.717) is 37.6 Å². The van der Waals surface area contributed by atoms with Gasteiger partial charge >= 0.3 is 0 Å². The number of carbonyl (C=O) groups is 2. The Labute approximate surface area is 171 Å². The molecule has 2 aromatic rings. The molecule has 2 amide bonds. The summed E-state index contributed by atoms with van der Waals surface area (Å²) in [6.07, 6.45) is 0. The molecule has 2 aromatic carbocycles. The zero-order valence-electron chi connectivity index (χ0n) is 15.3. The zero-order valence-corrected chi connectivity index (χ0v) is 16.1. The molecule has 150 valence electrons. The number of hydrogen-bond acceptors (Lipinski definition) is 6. The molecular weight excluding hydrogens is 396 g/mol. The minimum atomic E-state index is -0.545. The summed E-state index contributed by atoms with van der Waals surface area (Å²) in [7, 11) is 0. The number of benzene rings is 2. The number of nitrogens with one attached hydrogen (secondary N) is 2. The third-order valence-corrected chi connectivity index (χ3v) is 4.48. The Morgan fingerprint density at radius 2 is 1.72 bits per heavy atom. The normalized spacial score (nSPS) is 13.4. The van der Waals surface area contributed by atoms with Crippen LogP contribution in [0.15, 0.2) is 48.5 Å². The molecule has 9 nitrogen and oxygen atoms in total. The SMILES string of the molecule is O=C(NC(=S)Nc1ccccc1C(=O)N1CCOCC1)c1ccc([N+](=O)[O-])cc1. The lowest BCUT2D eigenvalue weighted by Crippen LogP contribution is -2.41. The highest BCUT2D eigenvalue weighted by Gasteiger charge is 2.21. The van der Waals surface area contributed by atoms with Crippen molar-refractivity contribution in [2.24, 2.45) is 0 Å². The van der Waals surface area contributed by atoms with Crippen molar-refractivity contribution in [2.45, 2.75) is 0 Å². The monoisotopic (exact) mass is 414 g/mol. The molecule has 0 atom stereocenters. The Balaban J connectivity index is 1.66. The molecule has 29 heavy (non-hydrogen) atoms.